The number of para-hydroxylation sites is 1. The van der Waals surface area contributed by atoms with Crippen molar-refractivity contribution in [1.29, 1.82) is 0 Å². The molecule has 1 aliphatic rings. The lowest BCUT2D eigenvalue weighted by Gasteiger charge is -2.28. The van der Waals surface area contributed by atoms with Crippen LogP contribution in [-0.4, -0.2) is 49.5 Å². The van der Waals surface area contributed by atoms with Gasteiger partial charge in [-0.1, -0.05) is 25.5 Å². The van der Waals surface area contributed by atoms with Crippen molar-refractivity contribution < 1.29 is 38.3 Å². The Hall–Kier alpha value is -2.75. The van der Waals surface area contributed by atoms with Crippen LogP contribution in [0, 0.1) is 0 Å². The fraction of sp³-hybridized carbons (Fsp3) is 0.471. The van der Waals surface area contributed by atoms with Crippen molar-refractivity contribution in [3.8, 4) is 5.75 Å². The topological polar surface area (TPSA) is 120 Å². The second-order valence-electron chi connectivity index (χ2n) is 5.96. The fourth-order valence-electron chi connectivity index (χ4n) is 2.52. The van der Waals surface area contributed by atoms with Crippen LogP contribution in [0.2, 0.25) is 0 Å². The largest absolute Gasteiger partial charge is 0.547 e. The summed E-state index contributed by atoms with van der Waals surface area (Å²) in [5.41, 5.74) is 0.712. The third-order valence-corrected chi connectivity index (χ3v) is 3.81. The molecule has 2 rings (SSSR count). The Kier molecular flexibility index (Phi) is 7.48. The number of hydrogen-bond donors (Lipinski definition) is 2. The minimum atomic E-state index is -1.31. The average molecular weight is 379 g/mol. The van der Waals surface area contributed by atoms with E-state index in [1.54, 1.807) is 12.1 Å². The van der Waals surface area contributed by atoms with Crippen LogP contribution in [-0.2, 0) is 25.4 Å². The summed E-state index contributed by atoms with van der Waals surface area (Å²) in [5.74, 6) is -1.53. The van der Waals surface area contributed by atoms with Gasteiger partial charge in [0.15, 0.2) is 0 Å². The number of carbonyl (C=O) groups excluding carboxylic acids is 3. The van der Waals surface area contributed by atoms with Crippen LogP contribution in [0.15, 0.2) is 18.2 Å². The van der Waals surface area contributed by atoms with E-state index >= 15 is 0 Å². The zero-order chi connectivity index (χ0) is 19.8. The van der Waals surface area contributed by atoms with Gasteiger partial charge in [-0.25, -0.2) is 9.59 Å². The third-order valence-electron chi connectivity index (χ3n) is 3.81. The van der Waals surface area contributed by atoms with Gasteiger partial charge in [-0.15, -0.1) is 0 Å². The predicted octanol–water partition coefficient (Wildman–Crippen LogP) is 1.21. The first-order chi connectivity index (χ1) is 12.9. The predicted molar refractivity (Wildman–Crippen MR) is 94.0 cm³/mol. The summed E-state index contributed by atoms with van der Waals surface area (Å²) in [4.78, 5) is 34.7. The fourth-order valence-corrected chi connectivity index (χ4v) is 2.52. The van der Waals surface area contributed by atoms with Crippen LogP contribution in [0.5, 0.6) is 5.75 Å². The van der Waals surface area contributed by atoms with E-state index in [1.807, 2.05) is 6.92 Å². The van der Waals surface area contributed by atoms with Gasteiger partial charge in [-0.3, -0.25) is 4.79 Å². The van der Waals surface area contributed by atoms with E-state index in [0.29, 0.717) is 12.0 Å². The molecule has 0 bridgehead atoms. The minimum Gasteiger partial charge on any atom is -0.534 e. The highest BCUT2D eigenvalue weighted by molar-refractivity contribution is 6.47. The number of hydrogen-bond acceptors (Lipinski definition) is 8. The molecule has 0 saturated carbocycles. The van der Waals surface area contributed by atoms with Crippen molar-refractivity contribution in [2.45, 2.75) is 39.1 Å². The number of unbranched alkanes of at least 4 members (excludes halogenated alkanes) is 1. The average Bonchev–Trinajstić information content (AvgIpc) is 2.61. The zero-order valence-corrected chi connectivity index (χ0v) is 15.2. The molecule has 1 aromatic carbocycles. The lowest BCUT2D eigenvalue weighted by Crippen LogP contribution is -2.52. The Morgan fingerprint density at radius 1 is 1.30 bits per heavy atom. The molecule has 146 valence electrons. The van der Waals surface area contributed by atoms with Gasteiger partial charge in [0.2, 0.25) is 12.7 Å². The Labute approximate surface area is 157 Å². The third kappa shape index (κ3) is 5.88. The highest BCUT2D eigenvalue weighted by Gasteiger charge is 2.37. The van der Waals surface area contributed by atoms with Gasteiger partial charge in [0, 0.05) is 6.92 Å². The summed E-state index contributed by atoms with van der Waals surface area (Å²) >= 11 is 0. The molecule has 0 unspecified atom stereocenters. The van der Waals surface area contributed by atoms with Crippen molar-refractivity contribution in [3.05, 3.63) is 29.3 Å². The number of fused-ring (bicyclic) bond motifs is 1. The first kappa shape index (κ1) is 20.6. The molecule has 10 heteroatoms. The van der Waals surface area contributed by atoms with Gasteiger partial charge < -0.3 is 29.2 Å². The molecule has 1 amide bonds. The zero-order valence-electron chi connectivity index (χ0n) is 15.2. The quantitative estimate of drug-likeness (QED) is 0.314. The van der Waals surface area contributed by atoms with E-state index in [-0.39, 0.29) is 30.2 Å². The summed E-state index contributed by atoms with van der Waals surface area (Å²) in [6.07, 6.45) is 0.952. The van der Waals surface area contributed by atoms with Crippen LogP contribution in [0.3, 0.4) is 0 Å². The summed E-state index contributed by atoms with van der Waals surface area (Å²) < 4.78 is 19.7. The van der Waals surface area contributed by atoms with E-state index in [0.717, 1.165) is 6.42 Å². The van der Waals surface area contributed by atoms with Gasteiger partial charge in [0.1, 0.15) is 11.3 Å². The Morgan fingerprint density at radius 2 is 2.07 bits per heavy atom. The summed E-state index contributed by atoms with van der Waals surface area (Å²) in [6.45, 7) is 2.92. The van der Waals surface area contributed by atoms with E-state index < -0.39 is 32.0 Å². The van der Waals surface area contributed by atoms with Crippen molar-refractivity contribution in [1.82, 2.24) is 5.32 Å². The van der Waals surface area contributed by atoms with Gasteiger partial charge in [0.25, 0.3) is 0 Å². The Balaban J connectivity index is 1.95. The number of nitrogens with one attached hydrogen (secondary N) is 1. The highest BCUT2D eigenvalue weighted by atomic mass is 16.8. The lowest BCUT2D eigenvalue weighted by atomic mass is 9.72. The van der Waals surface area contributed by atoms with E-state index in [9.17, 15) is 19.4 Å². The molecule has 0 saturated heterocycles. The highest BCUT2D eigenvalue weighted by Crippen LogP contribution is 2.30. The monoisotopic (exact) mass is 379 g/mol. The summed E-state index contributed by atoms with van der Waals surface area (Å²) in [7, 11) is -1.31. The molecule has 1 heterocycles. The van der Waals surface area contributed by atoms with Crippen molar-refractivity contribution >= 4 is 25.2 Å². The molecular formula is C17H22BNO8. The maximum atomic E-state index is 12.2. The minimum absolute atomic E-state index is 0.0794. The number of amides is 1. The molecule has 0 radical (unpaired) electrons. The van der Waals surface area contributed by atoms with Crippen molar-refractivity contribution in [2.75, 3.05) is 13.4 Å². The SMILES string of the molecule is CCCCOC(=O)OCOC(=O)c1cccc2c1OB(O)[C@@H](NC(C)=O)C2. The molecule has 0 aromatic heterocycles. The van der Waals surface area contributed by atoms with Crippen LogP contribution in [0.1, 0.15) is 42.6 Å². The molecule has 0 spiro atoms. The van der Waals surface area contributed by atoms with Crippen LogP contribution >= 0.6 is 0 Å². The standard InChI is InChI=1S/C17H22BNO8/c1-3-4-8-24-17(22)26-10-25-16(21)13-7-5-6-12-9-14(19-11(2)20)18(23)27-15(12)13/h5-7,14,23H,3-4,8-10H2,1-2H3,(H,19,20)/t14-/m0/s1. The Morgan fingerprint density at radius 3 is 2.78 bits per heavy atom. The molecule has 27 heavy (non-hydrogen) atoms. The molecule has 1 atom stereocenters. The van der Waals surface area contributed by atoms with Gasteiger partial charge in [-0.2, -0.15) is 0 Å². The van der Waals surface area contributed by atoms with Gasteiger partial charge >= 0.3 is 19.2 Å². The molecule has 0 aliphatic carbocycles. The second kappa shape index (κ2) is 9.82. The number of ether oxygens (including phenoxy) is 3. The molecule has 1 aromatic rings. The number of carbonyl (C=O) groups is 3. The van der Waals surface area contributed by atoms with Crippen LogP contribution in [0.25, 0.3) is 0 Å². The maximum Gasteiger partial charge on any atom is 0.547 e. The number of rotatable bonds is 7. The summed E-state index contributed by atoms with van der Waals surface area (Å²) in [5, 5.41) is 12.6. The number of esters is 1. The van der Waals surface area contributed by atoms with Gasteiger partial charge in [-0.05, 0) is 24.5 Å². The molecular weight excluding hydrogens is 357 g/mol. The van der Waals surface area contributed by atoms with E-state index in [1.165, 1.54) is 13.0 Å². The maximum absolute atomic E-state index is 12.2. The van der Waals surface area contributed by atoms with Crippen molar-refractivity contribution in [2.24, 2.45) is 0 Å². The molecule has 0 fully saturated rings. The summed E-state index contributed by atoms with van der Waals surface area (Å²) in [6, 6.07) is 4.81. The Bertz CT molecular complexity index is 696. The van der Waals surface area contributed by atoms with E-state index in [2.05, 4.69) is 10.1 Å². The molecule has 1 aliphatic heterocycles. The first-order valence-electron chi connectivity index (χ1n) is 8.62. The lowest BCUT2D eigenvalue weighted by molar-refractivity contribution is -0.119. The first-order valence-corrected chi connectivity index (χ1v) is 8.62. The second-order valence-corrected chi connectivity index (χ2v) is 5.96. The van der Waals surface area contributed by atoms with Crippen LogP contribution in [0.4, 0.5) is 4.79 Å². The molecule has 9 nitrogen and oxygen atoms in total. The van der Waals surface area contributed by atoms with Crippen LogP contribution < -0.4 is 9.97 Å². The van der Waals surface area contributed by atoms with E-state index in [4.69, 9.17) is 14.1 Å². The normalized spacial score (nSPS) is 15.2. The van der Waals surface area contributed by atoms with Gasteiger partial charge in [0.05, 0.1) is 12.5 Å². The number of benzene rings is 1. The smallest absolute Gasteiger partial charge is 0.534 e. The van der Waals surface area contributed by atoms with Crippen molar-refractivity contribution in [3.63, 3.8) is 0 Å². The molecule has 2 N–H and O–H groups in total.